The molecule has 8 nitrogen and oxygen atoms in total. The molecular weight excluding hydrogens is 412 g/mol. The third-order valence-electron chi connectivity index (χ3n) is 3.82. The highest BCUT2D eigenvalue weighted by Crippen LogP contribution is 2.48. The van der Waals surface area contributed by atoms with E-state index < -0.39 is 15.3 Å². The molecule has 0 radical (unpaired) electrons. The molecule has 0 amide bonds. The fraction of sp³-hybridized carbons (Fsp3) is 0.400. The van der Waals surface area contributed by atoms with E-state index in [9.17, 15) is 20.2 Å². The second-order valence-corrected chi connectivity index (χ2v) is 7.59. The van der Waals surface area contributed by atoms with E-state index in [0.717, 1.165) is 11.3 Å². The van der Waals surface area contributed by atoms with Gasteiger partial charge in [0.05, 0.1) is 14.7 Å². The van der Waals surface area contributed by atoms with E-state index in [1.807, 2.05) is 0 Å². The molecule has 0 aliphatic carbocycles. The zero-order valence-corrected chi connectivity index (χ0v) is 17.0. The van der Waals surface area contributed by atoms with Gasteiger partial charge in [0.25, 0.3) is 11.4 Å². The molecule has 0 fully saturated rings. The molecule has 0 bridgehead atoms. The van der Waals surface area contributed by atoms with Crippen LogP contribution in [0.25, 0.3) is 10.4 Å². The molecule has 0 atom stereocenters. The Morgan fingerprint density at radius 1 is 1.08 bits per heavy atom. The smallest absolute Gasteiger partial charge is 0.283 e. The molecule has 2 rings (SSSR count). The molecule has 1 aromatic carbocycles. The van der Waals surface area contributed by atoms with Gasteiger partial charge in [-0.3, -0.25) is 20.2 Å². The van der Waals surface area contributed by atoms with E-state index in [1.54, 1.807) is 34.6 Å². The lowest BCUT2D eigenvalue weighted by Gasteiger charge is -2.22. The van der Waals surface area contributed by atoms with Gasteiger partial charge < -0.3 is 5.73 Å². The van der Waals surface area contributed by atoms with Gasteiger partial charge in [0, 0.05) is 28.3 Å². The third-order valence-corrected chi connectivity index (χ3v) is 4.66. The number of aromatic nitrogens is 1. The Morgan fingerprint density at radius 3 is 1.80 bits per heavy atom. The van der Waals surface area contributed by atoms with Gasteiger partial charge in [0.1, 0.15) is 5.56 Å². The Balaban J connectivity index is 0.00000312. The molecule has 0 aliphatic heterocycles. The molecule has 136 valence electrons. The van der Waals surface area contributed by atoms with Gasteiger partial charge >= 0.3 is 0 Å². The van der Waals surface area contributed by atoms with Crippen LogP contribution in [0.3, 0.4) is 0 Å². The molecule has 25 heavy (non-hydrogen) atoms. The molecule has 0 aliphatic rings. The summed E-state index contributed by atoms with van der Waals surface area (Å²) in [6.07, 6.45) is 1.49. The summed E-state index contributed by atoms with van der Waals surface area (Å²) < 4.78 is 0. The van der Waals surface area contributed by atoms with E-state index in [0.29, 0.717) is 26.7 Å². The molecule has 1 heterocycles. The highest BCUT2D eigenvalue weighted by atomic mass is 79.9. The molecule has 10 heteroatoms. The monoisotopic (exact) mass is 430 g/mol. The maximum Gasteiger partial charge on any atom is 0.283 e. The van der Waals surface area contributed by atoms with E-state index in [2.05, 4.69) is 4.98 Å². The summed E-state index contributed by atoms with van der Waals surface area (Å²) in [5, 5.41) is 23.7. The van der Waals surface area contributed by atoms with Crippen LogP contribution in [-0.4, -0.2) is 14.8 Å². The minimum Gasteiger partial charge on any atom is -0.375 e. The van der Waals surface area contributed by atoms with Crippen molar-refractivity contribution in [3.8, 4) is 10.4 Å². The Hall–Kier alpha value is -2.07. The van der Waals surface area contributed by atoms with Crippen molar-refractivity contribution in [3.05, 3.63) is 43.1 Å². The maximum absolute atomic E-state index is 11.7. The minimum absolute atomic E-state index is 0. The summed E-state index contributed by atoms with van der Waals surface area (Å²) in [6, 6.07) is 0. The maximum atomic E-state index is 11.7. The molecule has 2 aromatic rings. The van der Waals surface area contributed by atoms with Crippen molar-refractivity contribution in [3.63, 3.8) is 0 Å². The molecule has 0 unspecified atom stereocenters. The van der Waals surface area contributed by atoms with Crippen LogP contribution in [-0.2, 0) is 5.41 Å². The van der Waals surface area contributed by atoms with Crippen LogP contribution in [0.4, 0.5) is 16.5 Å². The highest BCUT2D eigenvalue weighted by Gasteiger charge is 2.39. The van der Waals surface area contributed by atoms with Gasteiger partial charge in [0.2, 0.25) is 0 Å². The van der Waals surface area contributed by atoms with E-state index in [1.165, 1.54) is 6.20 Å². The number of nitrogen functional groups attached to an aromatic ring is 1. The molecule has 0 saturated carbocycles. The molecular formula is C15H19BrN4O4S. The molecule has 2 N–H and O–H groups in total. The average Bonchev–Trinajstić information content (AvgIpc) is 2.82. The first kappa shape index (κ1) is 21.0. The topological polar surface area (TPSA) is 125 Å². The zero-order valence-electron chi connectivity index (χ0n) is 14.4. The predicted molar refractivity (Wildman–Crippen MR) is 104 cm³/mol. The summed E-state index contributed by atoms with van der Waals surface area (Å²) in [6.45, 7) is 8.40. The number of nitro benzene ring substituents is 2. The van der Waals surface area contributed by atoms with Crippen LogP contribution in [0.1, 0.15) is 37.5 Å². The summed E-state index contributed by atoms with van der Waals surface area (Å²) in [5.74, 6) is 0. The van der Waals surface area contributed by atoms with Crippen molar-refractivity contribution in [2.75, 3.05) is 5.73 Å². The lowest BCUT2D eigenvalue weighted by atomic mass is 9.80. The van der Waals surface area contributed by atoms with Gasteiger partial charge in [-0.25, -0.2) is 4.98 Å². The standard InChI is InChI=1S/C15H18N4O4S.BrH/c1-7-10(9-6-17-14(16)24-9)8(2)13(19(22)23)11(15(3,4)5)12(7)18(20)21;/h6H,1-5H3,(H2,16,17);1H. The number of nitrogens with two attached hydrogens (primary N) is 1. The van der Waals surface area contributed by atoms with Crippen LogP contribution in [0, 0.1) is 34.1 Å². The van der Waals surface area contributed by atoms with Crippen molar-refractivity contribution in [2.45, 2.75) is 40.0 Å². The van der Waals surface area contributed by atoms with Crippen LogP contribution in [0.5, 0.6) is 0 Å². The number of hydrogen-bond donors (Lipinski definition) is 1. The summed E-state index contributed by atoms with van der Waals surface area (Å²) in [5.41, 5.74) is 5.81. The number of halogens is 1. The second kappa shape index (κ2) is 7.04. The van der Waals surface area contributed by atoms with Crippen molar-refractivity contribution in [1.29, 1.82) is 0 Å². The summed E-state index contributed by atoms with van der Waals surface area (Å²) in [4.78, 5) is 26.9. The van der Waals surface area contributed by atoms with Crippen LogP contribution in [0.15, 0.2) is 6.20 Å². The first-order chi connectivity index (χ1) is 11.0. The number of anilines is 1. The quantitative estimate of drug-likeness (QED) is 0.555. The third kappa shape index (κ3) is 3.64. The normalized spacial score (nSPS) is 11.1. The van der Waals surface area contributed by atoms with E-state index in [4.69, 9.17) is 5.73 Å². The number of nitro groups is 2. The van der Waals surface area contributed by atoms with Crippen LogP contribution >= 0.6 is 28.3 Å². The van der Waals surface area contributed by atoms with Crippen molar-refractivity contribution >= 4 is 44.8 Å². The number of benzene rings is 1. The number of rotatable bonds is 3. The van der Waals surface area contributed by atoms with Gasteiger partial charge in [-0.2, -0.15) is 0 Å². The Bertz CT molecular complexity index is 817. The SMILES string of the molecule is Br.Cc1c(-c2cnc(N)s2)c(C)c([N+](=O)[O-])c(C(C)(C)C)c1[N+](=O)[O-]. The van der Waals surface area contributed by atoms with Gasteiger partial charge in [-0.05, 0) is 13.8 Å². The lowest BCUT2D eigenvalue weighted by Crippen LogP contribution is -2.19. The summed E-state index contributed by atoms with van der Waals surface area (Å²) in [7, 11) is 0. The van der Waals surface area contributed by atoms with Crippen LogP contribution in [0.2, 0.25) is 0 Å². The fourth-order valence-corrected chi connectivity index (χ4v) is 3.79. The van der Waals surface area contributed by atoms with E-state index >= 15 is 0 Å². The van der Waals surface area contributed by atoms with Gasteiger partial charge in [-0.1, -0.05) is 32.1 Å². The molecule has 1 aromatic heterocycles. The van der Waals surface area contributed by atoms with Crippen molar-refractivity contribution in [2.24, 2.45) is 0 Å². The van der Waals surface area contributed by atoms with Crippen LogP contribution < -0.4 is 5.73 Å². The predicted octanol–water partition coefficient (Wildman–Crippen LogP) is 4.70. The Kier molecular flexibility index (Phi) is 5.91. The molecule has 0 saturated heterocycles. The average molecular weight is 431 g/mol. The number of nitrogens with zero attached hydrogens (tertiary/aromatic N) is 3. The second-order valence-electron chi connectivity index (χ2n) is 6.52. The highest BCUT2D eigenvalue weighted by molar-refractivity contribution is 8.93. The number of hydrogen-bond acceptors (Lipinski definition) is 7. The van der Waals surface area contributed by atoms with Gasteiger partial charge in [0.15, 0.2) is 5.13 Å². The zero-order chi connectivity index (χ0) is 18.4. The Morgan fingerprint density at radius 2 is 1.52 bits per heavy atom. The first-order valence-electron chi connectivity index (χ1n) is 7.14. The largest absolute Gasteiger partial charge is 0.375 e. The number of thiazole rings is 1. The Labute approximate surface area is 159 Å². The van der Waals surface area contributed by atoms with Crippen molar-refractivity contribution < 1.29 is 9.85 Å². The van der Waals surface area contributed by atoms with E-state index in [-0.39, 0.29) is 33.9 Å². The first-order valence-corrected chi connectivity index (χ1v) is 7.96. The van der Waals surface area contributed by atoms with Gasteiger partial charge in [-0.15, -0.1) is 17.0 Å². The molecule has 0 spiro atoms. The summed E-state index contributed by atoms with van der Waals surface area (Å²) >= 11 is 1.14. The van der Waals surface area contributed by atoms with Crippen molar-refractivity contribution in [1.82, 2.24) is 4.98 Å². The fourth-order valence-electron chi connectivity index (χ4n) is 2.94. The lowest BCUT2D eigenvalue weighted by molar-refractivity contribution is -0.396. The minimum atomic E-state index is -0.758.